The lowest BCUT2D eigenvalue weighted by Crippen LogP contribution is -2.50. The summed E-state index contributed by atoms with van der Waals surface area (Å²) in [5.41, 5.74) is 4.20. The molecular formula is C23H27N5O2. The number of hydrogen-bond acceptors (Lipinski definition) is 5. The fraction of sp³-hybridized carbons (Fsp3) is 0.348. The monoisotopic (exact) mass is 405 g/mol. The SMILES string of the molecule is Cc1ccccc1OCC(=O)N1CCN(c2c(C)nn(-c3ccccn3)c2C)CC1. The van der Waals surface area contributed by atoms with Gasteiger partial charge in [-0.3, -0.25) is 4.79 Å². The highest BCUT2D eigenvalue weighted by Crippen LogP contribution is 2.27. The van der Waals surface area contributed by atoms with Gasteiger partial charge in [0.15, 0.2) is 12.4 Å². The number of benzene rings is 1. The van der Waals surface area contributed by atoms with Gasteiger partial charge in [0.05, 0.1) is 17.1 Å². The third kappa shape index (κ3) is 4.01. The van der Waals surface area contributed by atoms with Gasteiger partial charge in [-0.15, -0.1) is 0 Å². The van der Waals surface area contributed by atoms with E-state index >= 15 is 0 Å². The highest BCUT2D eigenvalue weighted by Gasteiger charge is 2.26. The summed E-state index contributed by atoms with van der Waals surface area (Å²) in [4.78, 5) is 21.2. The zero-order chi connectivity index (χ0) is 21.1. The van der Waals surface area contributed by atoms with E-state index in [2.05, 4.69) is 16.8 Å². The van der Waals surface area contributed by atoms with E-state index in [4.69, 9.17) is 9.84 Å². The first-order valence-electron chi connectivity index (χ1n) is 10.2. The van der Waals surface area contributed by atoms with Gasteiger partial charge in [-0.25, -0.2) is 9.67 Å². The Kier molecular flexibility index (Phi) is 5.70. The molecule has 4 rings (SSSR count). The van der Waals surface area contributed by atoms with Crippen LogP contribution in [0.25, 0.3) is 5.82 Å². The molecule has 1 saturated heterocycles. The maximum Gasteiger partial charge on any atom is 0.260 e. The summed E-state index contributed by atoms with van der Waals surface area (Å²) in [5, 5.41) is 4.69. The topological polar surface area (TPSA) is 63.5 Å². The van der Waals surface area contributed by atoms with Crippen molar-refractivity contribution in [1.29, 1.82) is 0 Å². The average Bonchev–Trinajstić information content (AvgIpc) is 3.07. The maximum absolute atomic E-state index is 12.6. The maximum atomic E-state index is 12.6. The van der Waals surface area contributed by atoms with Gasteiger partial charge in [0, 0.05) is 32.4 Å². The van der Waals surface area contributed by atoms with E-state index in [0.29, 0.717) is 13.1 Å². The Morgan fingerprint density at radius 3 is 2.43 bits per heavy atom. The van der Waals surface area contributed by atoms with Gasteiger partial charge in [-0.2, -0.15) is 5.10 Å². The molecule has 156 valence electrons. The normalized spacial score (nSPS) is 14.1. The summed E-state index contributed by atoms with van der Waals surface area (Å²) in [7, 11) is 0. The Bertz CT molecular complexity index is 1020. The van der Waals surface area contributed by atoms with Crippen LogP contribution in [0.3, 0.4) is 0 Å². The van der Waals surface area contributed by atoms with E-state index in [9.17, 15) is 4.79 Å². The van der Waals surface area contributed by atoms with Gasteiger partial charge in [0.2, 0.25) is 0 Å². The summed E-state index contributed by atoms with van der Waals surface area (Å²) < 4.78 is 7.62. The Balaban J connectivity index is 1.38. The summed E-state index contributed by atoms with van der Waals surface area (Å²) >= 11 is 0. The lowest BCUT2D eigenvalue weighted by Gasteiger charge is -2.36. The molecule has 1 fully saturated rings. The molecule has 0 bridgehead atoms. The number of rotatable bonds is 5. The van der Waals surface area contributed by atoms with Crippen molar-refractivity contribution in [3.05, 3.63) is 65.6 Å². The van der Waals surface area contributed by atoms with Gasteiger partial charge < -0.3 is 14.5 Å². The second-order valence-corrected chi connectivity index (χ2v) is 7.54. The Hall–Kier alpha value is -3.35. The van der Waals surface area contributed by atoms with Crippen LogP contribution < -0.4 is 9.64 Å². The first-order chi connectivity index (χ1) is 14.5. The number of carbonyl (C=O) groups is 1. The smallest absolute Gasteiger partial charge is 0.260 e. The predicted molar refractivity (Wildman–Crippen MR) is 116 cm³/mol. The molecule has 0 atom stereocenters. The number of para-hydroxylation sites is 1. The molecule has 0 spiro atoms. The molecule has 1 amide bonds. The molecule has 30 heavy (non-hydrogen) atoms. The first kappa shape index (κ1) is 19.9. The second-order valence-electron chi connectivity index (χ2n) is 7.54. The number of carbonyl (C=O) groups excluding carboxylic acids is 1. The third-order valence-electron chi connectivity index (χ3n) is 5.51. The highest BCUT2D eigenvalue weighted by molar-refractivity contribution is 5.78. The van der Waals surface area contributed by atoms with Crippen molar-refractivity contribution >= 4 is 11.6 Å². The molecule has 0 radical (unpaired) electrons. The van der Waals surface area contributed by atoms with Crippen LogP contribution >= 0.6 is 0 Å². The molecule has 0 aliphatic carbocycles. The fourth-order valence-corrected chi connectivity index (χ4v) is 3.92. The summed E-state index contributed by atoms with van der Waals surface area (Å²) in [5.74, 6) is 1.60. The first-order valence-corrected chi connectivity index (χ1v) is 10.2. The number of pyridine rings is 1. The molecule has 7 heteroatoms. The molecule has 7 nitrogen and oxygen atoms in total. The Morgan fingerprint density at radius 2 is 1.73 bits per heavy atom. The quantitative estimate of drug-likeness (QED) is 0.653. The van der Waals surface area contributed by atoms with Crippen LogP contribution in [0.15, 0.2) is 48.7 Å². The molecule has 0 N–H and O–H groups in total. The third-order valence-corrected chi connectivity index (χ3v) is 5.51. The zero-order valence-electron chi connectivity index (χ0n) is 17.7. The molecule has 0 saturated carbocycles. The standard InChI is InChI=1S/C23H27N5O2/c1-17-8-4-5-9-20(17)30-16-22(29)26-12-14-27(15-13-26)23-18(2)25-28(19(23)3)21-10-6-7-11-24-21/h4-11H,12-16H2,1-3H3. The minimum absolute atomic E-state index is 0.0236. The van der Waals surface area contributed by atoms with Crippen molar-refractivity contribution in [2.75, 3.05) is 37.7 Å². The number of nitrogens with zero attached hydrogens (tertiary/aromatic N) is 5. The number of anilines is 1. The molecule has 1 aromatic carbocycles. The van der Waals surface area contributed by atoms with Crippen LogP contribution in [0.2, 0.25) is 0 Å². The van der Waals surface area contributed by atoms with E-state index in [1.54, 1.807) is 6.20 Å². The molecule has 3 aromatic rings. The predicted octanol–water partition coefficient (Wildman–Crippen LogP) is 2.92. The summed E-state index contributed by atoms with van der Waals surface area (Å²) in [6, 6.07) is 13.6. The number of piperazine rings is 1. The molecule has 1 aliphatic heterocycles. The van der Waals surface area contributed by atoms with Crippen molar-refractivity contribution in [3.63, 3.8) is 0 Å². The number of aryl methyl sites for hydroxylation is 2. The van der Waals surface area contributed by atoms with Gasteiger partial charge in [0.25, 0.3) is 5.91 Å². The van der Waals surface area contributed by atoms with E-state index in [0.717, 1.165) is 47.3 Å². The van der Waals surface area contributed by atoms with Crippen LogP contribution in [0.1, 0.15) is 17.0 Å². The number of hydrogen-bond donors (Lipinski definition) is 0. The highest BCUT2D eigenvalue weighted by atomic mass is 16.5. The second kappa shape index (κ2) is 8.57. The van der Waals surface area contributed by atoms with Gasteiger partial charge >= 0.3 is 0 Å². The van der Waals surface area contributed by atoms with Crippen LogP contribution in [-0.4, -0.2) is 58.4 Å². The average molecular weight is 406 g/mol. The van der Waals surface area contributed by atoms with E-state index in [-0.39, 0.29) is 12.5 Å². The van der Waals surface area contributed by atoms with Crippen LogP contribution in [-0.2, 0) is 4.79 Å². The molecule has 2 aromatic heterocycles. The van der Waals surface area contributed by atoms with Crippen molar-refractivity contribution in [1.82, 2.24) is 19.7 Å². The van der Waals surface area contributed by atoms with Crippen molar-refractivity contribution in [2.24, 2.45) is 0 Å². The minimum Gasteiger partial charge on any atom is -0.484 e. The molecular weight excluding hydrogens is 378 g/mol. The molecule has 3 heterocycles. The van der Waals surface area contributed by atoms with Crippen LogP contribution in [0, 0.1) is 20.8 Å². The van der Waals surface area contributed by atoms with Crippen LogP contribution in [0.5, 0.6) is 5.75 Å². The largest absolute Gasteiger partial charge is 0.484 e. The number of amides is 1. The Morgan fingerprint density at radius 1 is 1.00 bits per heavy atom. The van der Waals surface area contributed by atoms with Crippen molar-refractivity contribution in [2.45, 2.75) is 20.8 Å². The van der Waals surface area contributed by atoms with Gasteiger partial charge in [-0.05, 0) is 44.5 Å². The number of ether oxygens (including phenoxy) is 1. The molecule has 1 aliphatic rings. The van der Waals surface area contributed by atoms with Gasteiger partial charge in [-0.1, -0.05) is 24.3 Å². The Labute approximate surface area is 176 Å². The summed E-state index contributed by atoms with van der Waals surface area (Å²) in [6.45, 7) is 9.02. The fourth-order valence-electron chi connectivity index (χ4n) is 3.92. The van der Waals surface area contributed by atoms with Gasteiger partial charge in [0.1, 0.15) is 5.75 Å². The lowest BCUT2D eigenvalue weighted by molar-refractivity contribution is -0.133. The zero-order valence-corrected chi connectivity index (χ0v) is 17.7. The number of aromatic nitrogens is 3. The summed E-state index contributed by atoms with van der Waals surface area (Å²) in [6.07, 6.45) is 1.77. The van der Waals surface area contributed by atoms with E-state index < -0.39 is 0 Å². The van der Waals surface area contributed by atoms with Crippen molar-refractivity contribution < 1.29 is 9.53 Å². The minimum atomic E-state index is 0.0236. The van der Waals surface area contributed by atoms with E-state index in [1.807, 2.05) is 65.9 Å². The van der Waals surface area contributed by atoms with Crippen LogP contribution in [0.4, 0.5) is 5.69 Å². The lowest BCUT2D eigenvalue weighted by atomic mass is 10.2. The van der Waals surface area contributed by atoms with Crippen molar-refractivity contribution in [3.8, 4) is 11.6 Å². The van der Waals surface area contributed by atoms with E-state index in [1.165, 1.54) is 0 Å². The molecule has 0 unspecified atom stereocenters.